The summed E-state index contributed by atoms with van der Waals surface area (Å²) < 4.78 is 0. The van der Waals surface area contributed by atoms with Crippen LogP contribution in [0.5, 0.6) is 0 Å². The Hall–Kier alpha value is -4.58. The third kappa shape index (κ3) is 4.61. The number of aliphatic hydroxyl groups is 1. The topological polar surface area (TPSA) is 152 Å². The van der Waals surface area contributed by atoms with Crippen LogP contribution in [0.15, 0.2) is 103 Å². The number of aliphatic imine (C=N–C) groups is 1. The molecule has 0 amide bonds. The van der Waals surface area contributed by atoms with Crippen molar-refractivity contribution in [2.24, 2.45) is 15.8 Å². The molecule has 0 aliphatic carbocycles. The molecule has 5 rings (SSSR count). The van der Waals surface area contributed by atoms with E-state index in [-0.39, 0.29) is 26.2 Å². The van der Waals surface area contributed by atoms with Gasteiger partial charge in [0.2, 0.25) is 0 Å². The molecular formula is C34H38N6O5. The summed E-state index contributed by atoms with van der Waals surface area (Å²) in [5, 5.41) is 35.4. The van der Waals surface area contributed by atoms with E-state index >= 15 is 0 Å². The SMILES string of the molecule is C=CC=NC(=CC)C1(C)N(Cc2ccccn2)C(C)(c2ccccn2)C2(C(=O)O)CN(Cc3ccccn3)CC1(C(=O)O)C2O. The minimum atomic E-state index is -2.11. The molecule has 3 aromatic rings. The number of rotatable bonds is 10. The number of likely N-dealkylation sites (tertiary alicyclic amines) is 2. The molecule has 0 saturated carbocycles. The minimum Gasteiger partial charge on any atom is -0.481 e. The number of aliphatic carboxylic acids is 2. The number of hydrogen-bond acceptors (Lipinski definition) is 9. The van der Waals surface area contributed by atoms with Crippen molar-refractivity contribution < 1.29 is 24.9 Å². The molecule has 11 heteroatoms. The number of aromatic nitrogens is 3. The molecule has 2 bridgehead atoms. The zero-order valence-corrected chi connectivity index (χ0v) is 25.6. The number of pyridine rings is 3. The van der Waals surface area contributed by atoms with Crippen LogP contribution in [0.3, 0.4) is 0 Å². The average Bonchev–Trinajstić information content (AvgIpc) is 3.04. The minimum absolute atomic E-state index is 0.0301. The lowest BCUT2D eigenvalue weighted by Crippen LogP contribution is -2.88. The number of carbonyl (C=O) groups is 2. The zero-order valence-electron chi connectivity index (χ0n) is 25.6. The Bertz CT molecular complexity index is 1620. The van der Waals surface area contributed by atoms with Gasteiger partial charge in [-0.05, 0) is 57.2 Å². The van der Waals surface area contributed by atoms with Crippen molar-refractivity contribution in [1.82, 2.24) is 24.8 Å². The van der Waals surface area contributed by atoms with Crippen molar-refractivity contribution in [3.05, 3.63) is 115 Å². The number of carboxylic acids is 2. The summed E-state index contributed by atoms with van der Waals surface area (Å²) >= 11 is 0. The molecule has 2 saturated heterocycles. The second-order valence-electron chi connectivity index (χ2n) is 11.9. The maximum Gasteiger partial charge on any atom is 0.315 e. The summed E-state index contributed by atoms with van der Waals surface area (Å²) in [7, 11) is 0. The van der Waals surface area contributed by atoms with Crippen LogP contribution in [0.1, 0.15) is 37.9 Å². The summed E-state index contributed by atoms with van der Waals surface area (Å²) in [5.41, 5.74) is -5.55. The third-order valence-electron chi connectivity index (χ3n) is 9.87. The number of allylic oxidation sites excluding steroid dienone is 2. The molecule has 2 aliphatic heterocycles. The monoisotopic (exact) mass is 610 g/mol. The Labute approximate surface area is 262 Å². The second-order valence-corrected chi connectivity index (χ2v) is 11.9. The Morgan fingerprint density at radius 2 is 1.47 bits per heavy atom. The Morgan fingerprint density at radius 1 is 0.911 bits per heavy atom. The van der Waals surface area contributed by atoms with Gasteiger partial charge in [0.25, 0.3) is 0 Å². The van der Waals surface area contributed by atoms with Gasteiger partial charge in [-0.25, -0.2) is 0 Å². The van der Waals surface area contributed by atoms with Crippen molar-refractivity contribution in [2.45, 2.75) is 51.0 Å². The van der Waals surface area contributed by atoms with Crippen molar-refractivity contribution in [2.75, 3.05) is 13.1 Å². The third-order valence-corrected chi connectivity index (χ3v) is 9.87. The lowest BCUT2D eigenvalue weighted by molar-refractivity contribution is -0.291. The molecule has 2 fully saturated rings. The highest BCUT2D eigenvalue weighted by Crippen LogP contribution is 2.66. The average molecular weight is 611 g/mol. The molecule has 234 valence electrons. The van der Waals surface area contributed by atoms with E-state index < -0.39 is 40.0 Å². The maximum absolute atomic E-state index is 14.0. The van der Waals surface area contributed by atoms with E-state index in [9.17, 15) is 24.9 Å². The Balaban J connectivity index is 1.93. The van der Waals surface area contributed by atoms with Gasteiger partial charge in [0.05, 0.1) is 40.0 Å². The standard InChI is InChI=1S/C34H38N6O5/c1-5-16-37-26(6-2)31(3)33(29(42)43)22-39(20-24-13-7-10-17-35-24)23-34(28(33)41,30(44)45)32(4,27-15-9-12-19-38-27)40(31)21-25-14-8-11-18-36-25/h5-19,28,41H,1,20-23H2,2-4H3,(H,42,43)(H,44,45). The van der Waals surface area contributed by atoms with E-state index in [1.165, 1.54) is 12.3 Å². The van der Waals surface area contributed by atoms with Gasteiger partial charge in [-0.15, -0.1) is 0 Å². The van der Waals surface area contributed by atoms with Gasteiger partial charge in [0.15, 0.2) is 0 Å². The molecule has 0 radical (unpaired) electrons. The fourth-order valence-corrected chi connectivity index (χ4v) is 7.71. The highest BCUT2D eigenvalue weighted by atomic mass is 16.4. The van der Waals surface area contributed by atoms with Gasteiger partial charge >= 0.3 is 11.9 Å². The van der Waals surface area contributed by atoms with E-state index in [1.807, 2.05) is 17.0 Å². The number of piperidine rings is 2. The molecule has 3 aromatic heterocycles. The molecule has 5 heterocycles. The van der Waals surface area contributed by atoms with E-state index in [1.54, 1.807) is 92.8 Å². The lowest BCUT2D eigenvalue weighted by atomic mass is 9.45. The van der Waals surface area contributed by atoms with E-state index in [0.29, 0.717) is 22.8 Å². The fourth-order valence-electron chi connectivity index (χ4n) is 7.71. The van der Waals surface area contributed by atoms with E-state index in [2.05, 4.69) is 26.5 Å². The summed E-state index contributed by atoms with van der Waals surface area (Å²) in [5.74, 6) is -2.69. The van der Waals surface area contributed by atoms with Crippen LogP contribution in [-0.2, 0) is 28.2 Å². The molecule has 3 N–H and O–H groups in total. The van der Waals surface area contributed by atoms with Gasteiger partial charge in [0, 0.05) is 51.0 Å². The largest absolute Gasteiger partial charge is 0.481 e. The molecule has 45 heavy (non-hydrogen) atoms. The van der Waals surface area contributed by atoms with Crippen LogP contribution >= 0.6 is 0 Å². The van der Waals surface area contributed by atoms with Crippen LogP contribution in [-0.4, -0.2) is 83.0 Å². The highest BCUT2D eigenvalue weighted by molar-refractivity contribution is 5.87. The smallest absolute Gasteiger partial charge is 0.315 e. The van der Waals surface area contributed by atoms with Crippen LogP contribution in [0.2, 0.25) is 0 Å². The molecule has 11 nitrogen and oxygen atoms in total. The van der Waals surface area contributed by atoms with E-state index in [0.717, 1.165) is 0 Å². The molecule has 0 spiro atoms. The maximum atomic E-state index is 14.0. The molecular weight excluding hydrogens is 572 g/mol. The van der Waals surface area contributed by atoms with Crippen LogP contribution in [0.25, 0.3) is 0 Å². The van der Waals surface area contributed by atoms with Crippen molar-refractivity contribution in [3.8, 4) is 0 Å². The van der Waals surface area contributed by atoms with Crippen molar-refractivity contribution in [1.29, 1.82) is 0 Å². The molecule has 2 aliphatic rings. The fraction of sp³-hybridized carbons (Fsp3) is 0.353. The second kappa shape index (κ2) is 12.1. The summed E-state index contributed by atoms with van der Waals surface area (Å²) in [4.78, 5) is 49.9. The van der Waals surface area contributed by atoms with Gasteiger partial charge in [-0.2, -0.15) is 0 Å². The number of fused-ring (bicyclic) bond motifs is 2. The Kier molecular flexibility index (Phi) is 8.54. The number of hydrogen-bond donors (Lipinski definition) is 3. The summed E-state index contributed by atoms with van der Waals surface area (Å²) in [6.07, 6.45) is 7.60. The lowest BCUT2D eigenvalue weighted by Gasteiger charge is -2.72. The van der Waals surface area contributed by atoms with Gasteiger partial charge in [0.1, 0.15) is 10.8 Å². The van der Waals surface area contributed by atoms with Crippen molar-refractivity contribution >= 4 is 18.2 Å². The first kappa shape index (κ1) is 31.8. The van der Waals surface area contributed by atoms with Crippen LogP contribution in [0, 0.1) is 10.8 Å². The van der Waals surface area contributed by atoms with Gasteiger partial charge in [-0.1, -0.05) is 36.9 Å². The number of carboxylic acid groups (broad SMARTS) is 2. The first-order valence-electron chi connectivity index (χ1n) is 14.7. The predicted octanol–water partition coefficient (Wildman–Crippen LogP) is 3.54. The normalized spacial score (nSPS) is 30.7. The quantitative estimate of drug-likeness (QED) is 0.291. The number of aliphatic hydroxyl groups excluding tert-OH is 1. The molecule has 0 aromatic carbocycles. The first-order valence-corrected chi connectivity index (χ1v) is 14.7. The molecule has 5 atom stereocenters. The van der Waals surface area contributed by atoms with Gasteiger partial charge < -0.3 is 15.3 Å². The number of nitrogens with zero attached hydrogens (tertiary/aromatic N) is 6. The molecule has 5 unspecified atom stereocenters. The highest BCUT2D eigenvalue weighted by Gasteiger charge is 2.82. The first-order chi connectivity index (χ1) is 21.5. The Morgan fingerprint density at radius 3 is 1.96 bits per heavy atom. The van der Waals surface area contributed by atoms with E-state index in [4.69, 9.17) is 0 Å². The zero-order chi connectivity index (χ0) is 32.5. The summed E-state index contributed by atoms with van der Waals surface area (Å²) in [6, 6.07) is 16.0. The van der Waals surface area contributed by atoms with Crippen LogP contribution < -0.4 is 0 Å². The van der Waals surface area contributed by atoms with Gasteiger partial charge in [-0.3, -0.25) is 39.3 Å². The predicted molar refractivity (Wildman–Crippen MR) is 168 cm³/mol. The summed E-state index contributed by atoms with van der Waals surface area (Å²) in [6.45, 7) is 8.77. The van der Waals surface area contributed by atoms with Crippen molar-refractivity contribution in [3.63, 3.8) is 0 Å². The van der Waals surface area contributed by atoms with Crippen LogP contribution in [0.4, 0.5) is 0 Å².